The van der Waals surface area contributed by atoms with Crippen molar-refractivity contribution in [3.05, 3.63) is 71.0 Å². The molecule has 2 aromatic heterocycles. The number of anilines is 1. The van der Waals surface area contributed by atoms with Gasteiger partial charge in [0.25, 0.3) is 5.78 Å². The molecule has 0 saturated carbocycles. The first kappa shape index (κ1) is 24.4. The molecule has 3 heterocycles. The van der Waals surface area contributed by atoms with E-state index in [0.717, 1.165) is 19.3 Å². The summed E-state index contributed by atoms with van der Waals surface area (Å²) in [7, 11) is 0. The van der Waals surface area contributed by atoms with Crippen molar-refractivity contribution in [1.29, 1.82) is 0 Å². The number of unbranched alkanes of at least 4 members (excludes halogenated alkanes) is 2. The Morgan fingerprint density at radius 3 is 2.54 bits per heavy atom. The van der Waals surface area contributed by atoms with Crippen molar-refractivity contribution in [2.24, 2.45) is 0 Å². The lowest BCUT2D eigenvalue weighted by molar-refractivity contribution is -0.132. The van der Waals surface area contributed by atoms with Crippen LogP contribution in [0.1, 0.15) is 50.3 Å². The van der Waals surface area contributed by atoms with Gasteiger partial charge in [0.05, 0.1) is 24.8 Å². The van der Waals surface area contributed by atoms with Gasteiger partial charge in [-0.1, -0.05) is 25.8 Å². The van der Waals surface area contributed by atoms with E-state index in [2.05, 4.69) is 16.9 Å². The maximum Gasteiger partial charge on any atom is 0.301 e. The Balaban J connectivity index is 1.82. The number of thiazole rings is 1. The third kappa shape index (κ3) is 5.05. The Morgan fingerprint density at radius 2 is 1.86 bits per heavy atom. The van der Waals surface area contributed by atoms with Crippen LogP contribution in [-0.4, -0.2) is 40.0 Å². The summed E-state index contributed by atoms with van der Waals surface area (Å²) in [6.07, 6.45) is 7.68. The van der Waals surface area contributed by atoms with Gasteiger partial charge in [0.1, 0.15) is 5.76 Å². The third-order valence-electron chi connectivity index (χ3n) is 5.61. The van der Waals surface area contributed by atoms with E-state index in [1.54, 1.807) is 41.9 Å². The molecule has 1 aliphatic rings. The van der Waals surface area contributed by atoms with Crippen molar-refractivity contribution in [3.8, 4) is 11.5 Å². The molecule has 1 amide bonds. The summed E-state index contributed by atoms with van der Waals surface area (Å²) >= 11 is 1.24. The molecule has 35 heavy (non-hydrogen) atoms. The zero-order valence-electron chi connectivity index (χ0n) is 19.6. The number of Topliss-reactive ketones (excluding diaryl/α,β-unsaturated/α-hetero) is 1. The Labute approximate surface area is 207 Å². The first-order chi connectivity index (χ1) is 17.1. The maximum absolute atomic E-state index is 13.2. The molecule has 9 heteroatoms. The number of aliphatic hydroxyl groups excluding tert-OH is 1. The minimum Gasteiger partial charge on any atom is -0.507 e. The smallest absolute Gasteiger partial charge is 0.301 e. The maximum atomic E-state index is 13.2. The highest BCUT2D eigenvalue weighted by Gasteiger charge is 2.48. The summed E-state index contributed by atoms with van der Waals surface area (Å²) < 4.78 is 11.8. The van der Waals surface area contributed by atoms with Crippen molar-refractivity contribution in [2.45, 2.75) is 39.2 Å². The second-order valence-corrected chi connectivity index (χ2v) is 8.79. The molecule has 1 N–H and O–H groups in total. The highest BCUT2D eigenvalue weighted by molar-refractivity contribution is 7.14. The van der Waals surface area contributed by atoms with E-state index in [1.807, 2.05) is 6.92 Å². The normalized spacial score (nSPS) is 17.1. The van der Waals surface area contributed by atoms with Gasteiger partial charge in [0.2, 0.25) is 0 Å². The summed E-state index contributed by atoms with van der Waals surface area (Å²) in [5.41, 5.74) is 0.970. The Morgan fingerprint density at radius 1 is 1.06 bits per heavy atom. The molecule has 1 aliphatic heterocycles. The van der Waals surface area contributed by atoms with Gasteiger partial charge < -0.3 is 14.6 Å². The lowest BCUT2D eigenvalue weighted by atomic mass is 9.95. The lowest BCUT2D eigenvalue weighted by Crippen LogP contribution is -2.29. The number of ether oxygens (including phenoxy) is 2. The van der Waals surface area contributed by atoms with Crippen LogP contribution in [0.15, 0.2) is 59.9 Å². The molecule has 0 aliphatic carbocycles. The standard InChI is InChI=1S/C26H27N3O5S/c1-3-5-6-14-34-19-8-7-18(16-20(19)33-4-2)22-21(23(30)17-9-11-27-12-10-17)24(31)25(32)29(22)26-28-13-15-35-26/h7-13,15-16,22,30H,3-6,14H2,1-2H3. The highest BCUT2D eigenvalue weighted by Crippen LogP contribution is 2.44. The van der Waals surface area contributed by atoms with E-state index in [0.29, 0.717) is 41.0 Å². The van der Waals surface area contributed by atoms with Crippen molar-refractivity contribution in [1.82, 2.24) is 9.97 Å². The van der Waals surface area contributed by atoms with E-state index in [1.165, 1.54) is 28.6 Å². The fourth-order valence-electron chi connectivity index (χ4n) is 3.96. The molecule has 3 aromatic rings. The van der Waals surface area contributed by atoms with Crippen molar-refractivity contribution in [3.63, 3.8) is 0 Å². The predicted octanol–water partition coefficient (Wildman–Crippen LogP) is 5.13. The van der Waals surface area contributed by atoms with Crippen molar-refractivity contribution in [2.75, 3.05) is 18.1 Å². The molecule has 4 rings (SSSR count). The first-order valence-corrected chi connectivity index (χ1v) is 12.4. The molecule has 0 radical (unpaired) electrons. The zero-order valence-corrected chi connectivity index (χ0v) is 20.5. The molecule has 0 spiro atoms. The molecule has 0 bridgehead atoms. The Kier molecular flexibility index (Phi) is 7.77. The van der Waals surface area contributed by atoms with Crippen LogP contribution in [-0.2, 0) is 9.59 Å². The molecule has 1 saturated heterocycles. The van der Waals surface area contributed by atoms with Gasteiger partial charge in [0, 0.05) is 29.5 Å². The first-order valence-electron chi connectivity index (χ1n) is 11.6. The van der Waals surface area contributed by atoms with E-state index in [4.69, 9.17) is 9.47 Å². The van der Waals surface area contributed by atoms with E-state index in [-0.39, 0.29) is 11.3 Å². The summed E-state index contributed by atoms with van der Waals surface area (Å²) in [6, 6.07) is 7.61. The molecular formula is C26H27N3O5S. The van der Waals surface area contributed by atoms with Gasteiger partial charge in [-0.25, -0.2) is 4.98 Å². The van der Waals surface area contributed by atoms with Crippen LogP contribution in [0.4, 0.5) is 5.13 Å². The Bertz CT molecular complexity index is 1210. The number of hydrogen-bond donors (Lipinski definition) is 1. The van der Waals surface area contributed by atoms with Crippen LogP contribution in [0.25, 0.3) is 5.76 Å². The lowest BCUT2D eigenvalue weighted by Gasteiger charge is -2.24. The minimum absolute atomic E-state index is 0.0181. The number of aliphatic hydroxyl groups is 1. The quantitative estimate of drug-likeness (QED) is 0.181. The molecule has 1 fully saturated rings. The largest absolute Gasteiger partial charge is 0.507 e. The second kappa shape index (κ2) is 11.1. The fourth-order valence-corrected chi connectivity index (χ4v) is 4.63. The van der Waals surface area contributed by atoms with Crippen molar-refractivity contribution >= 4 is 33.9 Å². The number of benzene rings is 1. The van der Waals surface area contributed by atoms with Crippen LogP contribution < -0.4 is 14.4 Å². The van der Waals surface area contributed by atoms with E-state index >= 15 is 0 Å². The van der Waals surface area contributed by atoms with Crippen molar-refractivity contribution < 1.29 is 24.2 Å². The average molecular weight is 494 g/mol. The third-order valence-corrected chi connectivity index (χ3v) is 6.38. The number of amides is 1. The predicted molar refractivity (Wildman–Crippen MR) is 134 cm³/mol. The molecule has 1 aromatic carbocycles. The van der Waals surface area contributed by atoms with Crippen LogP contribution in [0, 0.1) is 0 Å². The van der Waals surface area contributed by atoms with Gasteiger partial charge >= 0.3 is 5.91 Å². The Hall–Kier alpha value is -3.72. The molecular weight excluding hydrogens is 466 g/mol. The summed E-state index contributed by atoms with van der Waals surface area (Å²) in [5.74, 6) is -0.703. The van der Waals surface area contributed by atoms with Crippen LogP contribution in [0.3, 0.4) is 0 Å². The van der Waals surface area contributed by atoms with E-state index in [9.17, 15) is 14.7 Å². The van der Waals surface area contributed by atoms with E-state index < -0.39 is 17.7 Å². The molecule has 1 atom stereocenters. The van der Waals surface area contributed by atoms with Gasteiger partial charge in [-0.15, -0.1) is 11.3 Å². The van der Waals surface area contributed by atoms with Gasteiger partial charge in [-0.05, 0) is 43.2 Å². The number of pyridine rings is 1. The SMILES string of the molecule is CCCCCOc1ccc(C2C(=C(O)c3ccncc3)C(=O)C(=O)N2c2nccs2)cc1OCC. The number of carbonyl (C=O) groups is 2. The zero-order chi connectivity index (χ0) is 24.8. The number of nitrogens with zero attached hydrogens (tertiary/aromatic N) is 3. The molecule has 182 valence electrons. The summed E-state index contributed by atoms with van der Waals surface area (Å²) in [5, 5.41) is 13.2. The number of hydrogen-bond acceptors (Lipinski definition) is 8. The number of rotatable bonds is 10. The number of aromatic nitrogens is 2. The van der Waals surface area contributed by atoms with Crippen LogP contribution in [0.2, 0.25) is 0 Å². The second-order valence-electron chi connectivity index (χ2n) is 7.91. The molecule has 1 unspecified atom stereocenters. The average Bonchev–Trinajstić information content (AvgIpc) is 3.49. The molecule has 8 nitrogen and oxygen atoms in total. The van der Waals surface area contributed by atoms with Gasteiger partial charge in [-0.3, -0.25) is 19.5 Å². The highest BCUT2D eigenvalue weighted by atomic mass is 32.1. The number of ketones is 1. The minimum atomic E-state index is -0.886. The topological polar surface area (TPSA) is 102 Å². The monoisotopic (exact) mass is 493 g/mol. The fraction of sp³-hybridized carbons (Fsp3) is 0.308. The van der Waals surface area contributed by atoms with Crippen LogP contribution >= 0.6 is 11.3 Å². The van der Waals surface area contributed by atoms with Crippen LogP contribution in [0.5, 0.6) is 11.5 Å². The summed E-state index contributed by atoms with van der Waals surface area (Å²) in [6.45, 7) is 4.98. The van der Waals surface area contributed by atoms with Gasteiger partial charge in [-0.2, -0.15) is 0 Å². The summed E-state index contributed by atoms with van der Waals surface area (Å²) in [4.78, 5) is 35.9. The van der Waals surface area contributed by atoms with Gasteiger partial charge in [0.15, 0.2) is 16.6 Å². The number of carbonyl (C=O) groups excluding carboxylic acids is 2.